The van der Waals surface area contributed by atoms with Crippen LogP contribution in [-0.2, 0) is 17.8 Å². The Labute approximate surface area is 103 Å². The summed E-state index contributed by atoms with van der Waals surface area (Å²) >= 11 is 1.42. The zero-order chi connectivity index (χ0) is 11.8. The summed E-state index contributed by atoms with van der Waals surface area (Å²) in [6.07, 6.45) is 0.455. The Bertz CT molecular complexity index is 591. The van der Waals surface area contributed by atoms with Gasteiger partial charge < -0.3 is 11.1 Å². The lowest BCUT2D eigenvalue weighted by atomic mass is 10.1. The van der Waals surface area contributed by atoms with Gasteiger partial charge in [0.05, 0.1) is 12.1 Å². The maximum atomic E-state index is 11.3. The van der Waals surface area contributed by atoms with Crippen LogP contribution in [0.2, 0.25) is 0 Å². The van der Waals surface area contributed by atoms with Crippen molar-refractivity contribution < 1.29 is 4.79 Å². The molecule has 1 aromatic heterocycles. The second-order valence-corrected chi connectivity index (χ2v) is 4.87. The van der Waals surface area contributed by atoms with Gasteiger partial charge >= 0.3 is 0 Å². The number of amides is 1. The van der Waals surface area contributed by atoms with Gasteiger partial charge in [-0.3, -0.25) is 4.79 Å². The molecule has 3 N–H and O–H groups in total. The molecule has 0 spiro atoms. The predicted molar refractivity (Wildman–Crippen MR) is 67.8 cm³/mol. The second kappa shape index (κ2) is 3.94. The number of anilines is 1. The number of aromatic nitrogens is 1. The molecule has 17 heavy (non-hydrogen) atoms. The monoisotopic (exact) mass is 245 g/mol. The molecular weight excluding hydrogens is 234 g/mol. The van der Waals surface area contributed by atoms with Gasteiger partial charge in [-0.2, -0.15) is 4.37 Å². The van der Waals surface area contributed by atoms with Crippen LogP contribution in [0.25, 0.3) is 11.3 Å². The van der Waals surface area contributed by atoms with Crippen LogP contribution in [0, 0.1) is 0 Å². The SMILES string of the molecule is NCc1cc(-c2ccc3c(c2)CC(=O)N3)ns1. The highest BCUT2D eigenvalue weighted by Crippen LogP contribution is 2.29. The molecule has 3 rings (SSSR count). The Morgan fingerprint density at radius 3 is 3.06 bits per heavy atom. The zero-order valence-electron chi connectivity index (χ0n) is 9.06. The van der Waals surface area contributed by atoms with Crippen LogP contribution in [0.5, 0.6) is 0 Å². The van der Waals surface area contributed by atoms with Crippen LogP contribution >= 0.6 is 11.5 Å². The van der Waals surface area contributed by atoms with Crippen molar-refractivity contribution >= 4 is 23.1 Å². The Morgan fingerprint density at radius 2 is 2.29 bits per heavy atom. The van der Waals surface area contributed by atoms with Gasteiger partial charge in [-0.1, -0.05) is 6.07 Å². The van der Waals surface area contributed by atoms with E-state index in [4.69, 9.17) is 5.73 Å². The molecule has 0 saturated heterocycles. The Morgan fingerprint density at radius 1 is 1.41 bits per heavy atom. The van der Waals surface area contributed by atoms with Crippen molar-refractivity contribution in [3.8, 4) is 11.3 Å². The molecule has 4 nitrogen and oxygen atoms in total. The first-order chi connectivity index (χ1) is 8.26. The van der Waals surface area contributed by atoms with E-state index < -0.39 is 0 Å². The summed E-state index contributed by atoms with van der Waals surface area (Å²) in [5, 5.41) is 2.82. The largest absolute Gasteiger partial charge is 0.326 e. The Kier molecular flexibility index (Phi) is 2.42. The van der Waals surface area contributed by atoms with Crippen molar-refractivity contribution in [2.45, 2.75) is 13.0 Å². The highest BCUT2D eigenvalue weighted by Gasteiger charge is 2.18. The lowest BCUT2D eigenvalue weighted by Crippen LogP contribution is -2.03. The number of nitrogens with two attached hydrogens (primary N) is 1. The van der Waals surface area contributed by atoms with E-state index in [1.54, 1.807) is 0 Å². The van der Waals surface area contributed by atoms with Gasteiger partial charge in [0.1, 0.15) is 0 Å². The number of carbonyl (C=O) groups is 1. The molecule has 5 heteroatoms. The first kappa shape index (κ1) is 10.4. The van der Waals surface area contributed by atoms with Gasteiger partial charge in [0.25, 0.3) is 0 Å². The highest BCUT2D eigenvalue weighted by molar-refractivity contribution is 7.06. The fourth-order valence-electron chi connectivity index (χ4n) is 1.93. The Hall–Kier alpha value is -1.72. The molecule has 2 aromatic rings. The summed E-state index contributed by atoms with van der Waals surface area (Å²) in [5.74, 6) is 0.0538. The number of benzene rings is 1. The van der Waals surface area contributed by atoms with E-state index in [9.17, 15) is 4.79 Å². The van der Waals surface area contributed by atoms with Crippen LogP contribution in [0.1, 0.15) is 10.4 Å². The molecule has 0 saturated carbocycles. The van der Waals surface area contributed by atoms with Gasteiger partial charge in [-0.25, -0.2) is 0 Å². The molecule has 1 aromatic carbocycles. The summed E-state index contributed by atoms with van der Waals surface area (Å²) in [5.41, 5.74) is 9.48. The number of nitrogens with one attached hydrogen (secondary N) is 1. The molecule has 1 aliphatic heterocycles. The average molecular weight is 245 g/mol. The smallest absolute Gasteiger partial charge is 0.228 e. The van der Waals surface area contributed by atoms with Crippen molar-refractivity contribution in [2.24, 2.45) is 5.73 Å². The van der Waals surface area contributed by atoms with Crippen molar-refractivity contribution in [1.29, 1.82) is 0 Å². The minimum Gasteiger partial charge on any atom is -0.326 e. The Balaban J connectivity index is 1.99. The zero-order valence-corrected chi connectivity index (χ0v) is 9.88. The molecule has 1 amide bonds. The molecule has 0 unspecified atom stereocenters. The fourth-order valence-corrected chi connectivity index (χ4v) is 2.55. The molecule has 0 atom stereocenters. The third-order valence-corrected chi connectivity index (χ3v) is 3.59. The summed E-state index contributed by atoms with van der Waals surface area (Å²) in [6, 6.07) is 7.91. The predicted octanol–water partition coefficient (Wildman–Crippen LogP) is 1.76. The van der Waals surface area contributed by atoms with E-state index in [0.717, 1.165) is 27.4 Å². The van der Waals surface area contributed by atoms with Gasteiger partial charge in [0.2, 0.25) is 5.91 Å². The summed E-state index contributed by atoms with van der Waals surface area (Å²) < 4.78 is 4.36. The molecule has 0 radical (unpaired) electrons. The van der Waals surface area contributed by atoms with Crippen LogP contribution in [0.3, 0.4) is 0 Å². The highest BCUT2D eigenvalue weighted by atomic mass is 32.1. The number of rotatable bonds is 2. The minimum atomic E-state index is 0.0538. The number of hydrogen-bond donors (Lipinski definition) is 2. The lowest BCUT2D eigenvalue weighted by molar-refractivity contribution is -0.115. The maximum Gasteiger partial charge on any atom is 0.228 e. The minimum absolute atomic E-state index is 0.0538. The summed E-state index contributed by atoms with van der Waals surface area (Å²) in [7, 11) is 0. The van der Waals surface area contributed by atoms with Gasteiger partial charge in [-0.15, -0.1) is 0 Å². The van der Waals surface area contributed by atoms with Crippen molar-refractivity contribution in [1.82, 2.24) is 4.37 Å². The van der Waals surface area contributed by atoms with Gasteiger partial charge in [0, 0.05) is 22.7 Å². The molecule has 1 aliphatic rings. The van der Waals surface area contributed by atoms with Gasteiger partial charge in [0.15, 0.2) is 0 Å². The average Bonchev–Trinajstić information content (AvgIpc) is 2.92. The van der Waals surface area contributed by atoms with E-state index >= 15 is 0 Å². The first-order valence-electron chi connectivity index (χ1n) is 5.35. The van der Waals surface area contributed by atoms with E-state index in [2.05, 4.69) is 9.69 Å². The summed E-state index contributed by atoms with van der Waals surface area (Å²) in [4.78, 5) is 12.3. The molecule has 0 bridgehead atoms. The maximum absolute atomic E-state index is 11.3. The molecule has 2 heterocycles. The van der Waals surface area contributed by atoms with E-state index in [1.807, 2.05) is 24.3 Å². The van der Waals surface area contributed by atoms with Gasteiger partial charge in [-0.05, 0) is 35.3 Å². The van der Waals surface area contributed by atoms with E-state index in [0.29, 0.717) is 13.0 Å². The van der Waals surface area contributed by atoms with Crippen LogP contribution in [0.4, 0.5) is 5.69 Å². The lowest BCUT2D eigenvalue weighted by Gasteiger charge is -2.00. The standard InChI is InChI=1S/C12H11N3OS/c13-6-9-5-11(15-17-9)7-1-2-10-8(3-7)4-12(16)14-10/h1-3,5H,4,6,13H2,(H,14,16). The topological polar surface area (TPSA) is 68.0 Å². The van der Waals surface area contributed by atoms with Crippen molar-refractivity contribution in [2.75, 3.05) is 5.32 Å². The van der Waals surface area contributed by atoms with Crippen LogP contribution in [-0.4, -0.2) is 10.3 Å². The number of fused-ring (bicyclic) bond motifs is 1. The van der Waals surface area contributed by atoms with E-state index in [-0.39, 0.29) is 5.91 Å². The normalized spacial score (nSPS) is 13.6. The van der Waals surface area contributed by atoms with E-state index in [1.165, 1.54) is 11.5 Å². The second-order valence-electron chi connectivity index (χ2n) is 3.98. The fraction of sp³-hybridized carbons (Fsp3) is 0.167. The van der Waals surface area contributed by atoms with Crippen LogP contribution < -0.4 is 11.1 Å². The molecule has 0 fully saturated rings. The number of hydrogen-bond acceptors (Lipinski definition) is 4. The third kappa shape index (κ3) is 1.83. The third-order valence-electron chi connectivity index (χ3n) is 2.79. The molecular formula is C12H11N3OS. The summed E-state index contributed by atoms with van der Waals surface area (Å²) in [6.45, 7) is 0.517. The first-order valence-corrected chi connectivity index (χ1v) is 6.12. The quantitative estimate of drug-likeness (QED) is 0.847. The van der Waals surface area contributed by atoms with Crippen LogP contribution in [0.15, 0.2) is 24.3 Å². The molecule has 86 valence electrons. The number of nitrogens with zero attached hydrogens (tertiary/aromatic N) is 1. The molecule has 0 aliphatic carbocycles. The number of carbonyl (C=O) groups excluding carboxylic acids is 1. The van der Waals surface area contributed by atoms with Crippen molar-refractivity contribution in [3.05, 3.63) is 34.7 Å². The van der Waals surface area contributed by atoms with Crippen molar-refractivity contribution in [3.63, 3.8) is 0 Å².